The van der Waals surface area contributed by atoms with Crippen molar-refractivity contribution in [3.05, 3.63) is 48.3 Å². The largest absolute Gasteiger partial charge is 0.316 e. The number of hydrogen-bond acceptors (Lipinski definition) is 6. The number of amides is 2. The lowest BCUT2D eigenvalue weighted by Gasteiger charge is -2.18. The van der Waals surface area contributed by atoms with Crippen LogP contribution in [0.15, 0.2) is 36.9 Å². The quantitative estimate of drug-likeness (QED) is 0.645. The maximum Gasteiger partial charge on any atom is 0.274 e. The Bertz CT molecular complexity index is 1140. The van der Waals surface area contributed by atoms with Gasteiger partial charge < -0.3 is 5.32 Å². The van der Waals surface area contributed by atoms with Crippen molar-refractivity contribution in [3.8, 4) is 5.82 Å². The number of rotatable bonds is 5. The molecule has 0 aromatic carbocycles. The molecule has 1 saturated heterocycles. The van der Waals surface area contributed by atoms with E-state index in [1.165, 1.54) is 12.5 Å². The molecule has 1 N–H and O–H groups in total. The number of aromatic nitrogens is 5. The lowest BCUT2D eigenvalue weighted by atomic mass is 9.92. The topological polar surface area (TPSA) is 115 Å². The molecule has 0 bridgehead atoms. The van der Waals surface area contributed by atoms with Gasteiger partial charge in [0.25, 0.3) is 5.91 Å². The van der Waals surface area contributed by atoms with E-state index in [9.17, 15) is 14.4 Å². The first kappa shape index (κ1) is 19.5. The highest BCUT2D eigenvalue weighted by atomic mass is 16.2. The van der Waals surface area contributed by atoms with E-state index in [4.69, 9.17) is 0 Å². The summed E-state index contributed by atoms with van der Waals surface area (Å²) < 4.78 is 3.11. The Labute approximate surface area is 172 Å². The number of nitrogens with zero attached hydrogens (tertiary/aromatic N) is 6. The first-order valence-corrected chi connectivity index (χ1v) is 9.42. The van der Waals surface area contributed by atoms with Gasteiger partial charge in [-0.2, -0.15) is 5.10 Å². The highest BCUT2D eigenvalue weighted by Gasteiger charge is 2.41. The van der Waals surface area contributed by atoms with Crippen molar-refractivity contribution in [2.75, 3.05) is 16.8 Å². The van der Waals surface area contributed by atoms with Gasteiger partial charge in [-0.3, -0.25) is 28.5 Å². The van der Waals surface area contributed by atoms with Crippen molar-refractivity contribution in [3.63, 3.8) is 0 Å². The molecule has 30 heavy (non-hydrogen) atoms. The summed E-state index contributed by atoms with van der Waals surface area (Å²) in [4.78, 5) is 46.3. The predicted octanol–water partition coefficient (Wildman–Crippen LogP) is 1.83. The zero-order chi connectivity index (χ0) is 21.5. The van der Waals surface area contributed by atoms with Crippen LogP contribution in [0.25, 0.3) is 5.82 Å². The highest BCUT2D eigenvalue weighted by Crippen LogP contribution is 2.36. The predicted molar refractivity (Wildman–Crippen MR) is 109 cm³/mol. The van der Waals surface area contributed by atoms with Gasteiger partial charge in [-0.15, -0.1) is 0 Å². The van der Waals surface area contributed by atoms with Crippen LogP contribution in [0.2, 0.25) is 0 Å². The lowest BCUT2D eigenvalue weighted by Crippen LogP contribution is -2.32. The van der Waals surface area contributed by atoms with E-state index >= 15 is 0 Å². The summed E-state index contributed by atoms with van der Waals surface area (Å²) in [7, 11) is 1.73. The van der Waals surface area contributed by atoms with Gasteiger partial charge in [0.2, 0.25) is 5.91 Å². The van der Waals surface area contributed by atoms with Crippen LogP contribution in [-0.2, 0) is 11.8 Å². The monoisotopic (exact) mass is 407 g/mol. The number of pyridine rings is 1. The molecular weight excluding hydrogens is 386 g/mol. The SMILES string of the molecule is Cn1cc(NC(=O)c2cccc(-n3cnc(C=O)c3)n2)c(N2CCC(C)(C)C2=O)n1. The summed E-state index contributed by atoms with van der Waals surface area (Å²) in [5.74, 6) is 0.407. The number of hydrogen-bond donors (Lipinski definition) is 1. The molecule has 10 nitrogen and oxygen atoms in total. The fraction of sp³-hybridized carbons (Fsp3) is 0.300. The second-order valence-corrected chi connectivity index (χ2v) is 7.79. The molecule has 3 aromatic heterocycles. The Morgan fingerprint density at radius 3 is 2.73 bits per heavy atom. The highest BCUT2D eigenvalue weighted by molar-refractivity contribution is 6.07. The van der Waals surface area contributed by atoms with Gasteiger partial charge in [-0.25, -0.2) is 9.97 Å². The minimum absolute atomic E-state index is 0.0251. The maximum atomic E-state index is 12.8. The van der Waals surface area contributed by atoms with Crippen molar-refractivity contribution in [1.29, 1.82) is 0 Å². The fourth-order valence-electron chi connectivity index (χ4n) is 3.34. The molecule has 2 amide bonds. The van der Waals surface area contributed by atoms with Crippen molar-refractivity contribution >= 4 is 29.6 Å². The van der Waals surface area contributed by atoms with Gasteiger partial charge in [0.15, 0.2) is 12.1 Å². The van der Waals surface area contributed by atoms with Gasteiger partial charge in [-0.1, -0.05) is 19.9 Å². The van der Waals surface area contributed by atoms with Crippen LogP contribution >= 0.6 is 0 Å². The number of carbonyl (C=O) groups excluding carboxylic acids is 3. The Kier molecular flexibility index (Phi) is 4.69. The van der Waals surface area contributed by atoms with Crippen LogP contribution in [0, 0.1) is 5.41 Å². The third-order valence-corrected chi connectivity index (χ3v) is 5.05. The van der Waals surface area contributed by atoms with Gasteiger partial charge in [0.05, 0.1) is 6.20 Å². The van der Waals surface area contributed by atoms with E-state index in [1.807, 2.05) is 13.8 Å². The first-order valence-electron chi connectivity index (χ1n) is 9.42. The van der Waals surface area contributed by atoms with Crippen LogP contribution in [0.5, 0.6) is 0 Å². The molecule has 0 aliphatic carbocycles. The average molecular weight is 407 g/mol. The molecule has 0 atom stereocenters. The van der Waals surface area contributed by atoms with Gasteiger partial charge in [0.1, 0.15) is 29.2 Å². The van der Waals surface area contributed by atoms with Crippen molar-refractivity contribution in [2.24, 2.45) is 12.5 Å². The summed E-state index contributed by atoms with van der Waals surface area (Å²) >= 11 is 0. The third kappa shape index (κ3) is 3.47. The molecular formula is C20H21N7O3. The zero-order valence-corrected chi connectivity index (χ0v) is 16.9. The normalized spacial score (nSPS) is 15.4. The lowest BCUT2D eigenvalue weighted by molar-refractivity contribution is -0.124. The average Bonchev–Trinajstić information content (AvgIpc) is 3.41. The molecule has 154 valence electrons. The van der Waals surface area contributed by atoms with E-state index < -0.39 is 11.3 Å². The minimum atomic E-state index is -0.458. The summed E-state index contributed by atoms with van der Waals surface area (Å²) in [6.45, 7) is 4.34. The Hall–Kier alpha value is -3.82. The number of nitrogens with one attached hydrogen (secondary N) is 1. The summed E-state index contributed by atoms with van der Waals surface area (Å²) in [5.41, 5.74) is 0.424. The van der Waals surface area contributed by atoms with Crippen LogP contribution in [0.4, 0.5) is 11.5 Å². The van der Waals surface area contributed by atoms with E-state index in [1.54, 1.807) is 45.6 Å². The molecule has 1 aliphatic heterocycles. The molecule has 1 fully saturated rings. The second-order valence-electron chi connectivity index (χ2n) is 7.79. The minimum Gasteiger partial charge on any atom is -0.316 e. The molecule has 0 radical (unpaired) electrons. The van der Waals surface area contributed by atoms with Crippen LogP contribution in [0.1, 0.15) is 41.2 Å². The molecule has 0 saturated carbocycles. The van der Waals surface area contributed by atoms with E-state index in [2.05, 4.69) is 20.4 Å². The molecule has 10 heteroatoms. The number of carbonyl (C=O) groups is 3. The number of aldehydes is 1. The van der Waals surface area contributed by atoms with Crippen LogP contribution < -0.4 is 10.2 Å². The van der Waals surface area contributed by atoms with Crippen molar-refractivity contribution in [2.45, 2.75) is 20.3 Å². The second kappa shape index (κ2) is 7.21. The van der Waals surface area contributed by atoms with Gasteiger partial charge in [-0.05, 0) is 18.6 Å². The number of imidazole rings is 1. The molecule has 3 aromatic rings. The molecule has 4 rings (SSSR count). The number of aryl methyl sites for hydroxylation is 1. The maximum absolute atomic E-state index is 12.8. The summed E-state index contributed by atoms with van der Waals surface area (Å²) in [5, 5.41) is 7.18. The molecule has 4 heterocycles. The molecule has 1 aliphatic rings. The Morgan fingerprint density at radius 2 is 2.07 bits per heavy atom. The Morgan fingerprint density at radius 1 is 1.27 bits per heavy atom. The van der Waals surface area contributed by atoms with Gasteiger partial charge >= 0.3 is 0 Å². The van der Waals surface area contributed by atoms with Crippen LogP contribution in [0.3, 0.4) is 0 Å². The smallest absolute Gasteiger partial charge is 0.274 e. The van der Waals surface area contributed by atoms with Crippen molar-refractivity contribution < 1.29 is 14.4 Å². The fourth-order valence-corrected chi connectivity index (χ4v) is 3.34. The van der Waals surface area contributed by atoms with E-state index in [-0.39, 0.29) is 17.3 Å². The van der Waals surface area contributed by atoms with E-state index in [0.717, 1.165) is 0 Å². The standard InChI is InChI=1S/C20H21N7O3/c1-20(2)7-8-27(19(20)30)17-15(10-25(3)24-17)23-18(29)14-5-4-6-16(22-14)26-9-13(11-28)21-12-26/h4-6,9-12H,7-8H2,1-3H3,(H,23,29). The summed E-state index contributed by atoms with van der Waals surface area (Å²) in [6, 6.07) is 4.97. The van der Waals surface area contributed by atoms with Crippen molar-refractivity contribution in [1.82, 2.24) is 24.3 Å². The number of anilines is 2. The summed E-state index contributed by atoms with van der Waals surface area (Å²) in [6.07, 6.45) is 5.98. The zero-order valence-electron chi connectivity index (χ0n) is 16.9. The first-order chi connectivity index (χ1) is 14.3. The molecule has 0 unspecified atom stereocenters. The van der Waals surface area contributed by atoms with E-state index in [0.29, 0.717) is 36.6 Å². The van der Waals surface area contributed by atoms with Crippen LogP contribution in [-0.4, -0.2) is 49.0 Å². The van der Waals surface area contributed by atoms with Gasteiger partial charge in [0, 0.05) is 25.2 Å². The molecule has 0 spiro atoms. The third-order valence-electron chi connectivity index (χ3n) is 5.05. The Balaban J connectivity index is 1.59.